The number of halogens is 1. The molecule has 2 aromatic heterocycles. The van der Waals surface area contributed by atoms with E-state index in [2.05, 4.69) is 20.9 Å². The smallest absolute Gasteiger partial charge is 0.337 e. The van der Waals surface area contributed by atoms with Crippen molar-refractivity contribution in [2.75, 3.05) is 0 Å². The number of aromatic nitrogens is 2. The summed E-state index contributed by atoms with van der Waals surface area (Å²) in [5, 5.41) is 11.8. The van der Waals surface area contributed by atoms with Crippen molar-refractivity contribution in [1.82, 2.24) is 9.55 Å². The van der Waals surface area contributed by atoms with Gasteiger partial charge >= 0.3 is 5.97 Å². The quantitative estimate of drug-likeness (QED) is 0.948. The molecule has 0 spiro atoms. The fourth-order valence-corrected chi connectivity index (χ4v) is 2.45. The van der Waals surface area contributed by atoms with Crippen LogP contribution in [-0.4, -0.2) is 20.6 Å². The lowest BCUT2D eigenvalue weighted by Crippen LogP contribution is -1.99. The molecule has 0 unspecified atom stereocenters. The highest BCUT2D eigenvalue weighted by molar-refractivity contribution is 9.10. The SMILES string of the molecule is Cc1nc(Cn2cc(C(=O)O)cc2Br)cs1. The first-order chi connectivity index (χ1) is 7.56. The molecule has 0 aliphatic heterocycles. The van der Waals surface area contributed by atoms with Crippen molar-refractivity contribution in [3.8, 4) is 0 Å². The van der Waals surface area contributed by atoms with Crippen molar-refractivity contribution < 1.29 is 9.90 Å². The maximum absolute atomic E-state index is 10.8. The second-order valence-corrected chi connectivity index (χ2v) is 5.22. The summed E-state index contributed by atoms with van der Waals surface area (Å²) in [7, 11) is 0. The van der Waals surface area contributed by atoms with E-state index in [9.17, 15) is 4.79 Å². The monoisotopic (exact) mass is 300 g/mol. The van der Waals surface area contributed by atoms with Gasteiger partial charge in [0.25, 0.3) is 0 Å². The Morgan fingerprint density at radius 3 is 2.94 bits per heavy atom. The Balaban J connectivity index is 2.24. The largest absolute Gasteiger partial charge is 0.478 e. The molecule has 0 saturated heterocycles. The fourth-order valence-electron chi connectivity index (χ4n) is 1.37. The van der Waals surface area contributed by atoms with E-state index in [-0.39, 0.29) is 5.56 Å². The molecule has 2 rings (SSSR count). The molecule has 84 valence electrons. The van der Waals surface area contributed by atoms with Crippen LogP contribution < -0.4 is 0 Å². The molecular weight excluding hydrogens is 292 g/mol. The van der Waals surface area contributed by atoms with Gasteiger partial charge in [0.15, 0.2) is 0 Å². The van der Waals surface area contributed by atoms with Crippen molar-refractivity contribution in [2.45, 2.75) is 13.5 Å². The number of hydrogen-bond acceptors (Lipinski definition) is 3. The minimum absolute atomic E-state index is 0.277. The summed E-state index contributed by atoms with van der Waals surface area (Å²) >= 11 is 4.91. The second-order valence-electron chi connectivity index (χ2n) is 3.34. The van der Waals surface area contributed by atoms with Crippen LogP contribution in [0.1, 0.15) is 21.1 Å². The summed E-state index contributed by atoms with van der Waals surface area (Å²) < 4.78 is 2.56. The van der Waals surface area contributed by atoms with Crippen LogP contribution in [0.4, 0.5) is 0 Å². The minimum atomic E-state index is -0.922. The zero-order valence-corrected chi connectivity index (χ0v) is 10.9. The van der Waals surface area contributed by atoms with Crippen molar-refractivity contribution >= 4 is 33.2 Å². The highest BCUT2D eigenvalue weighted by atomic mass is 79.9. The average Bonchev–Trinajstić information content (AvgIpc) is 2.75. The molecule has 0 bridgehead atoms. The highest BCUT2D eigenvalue weighted by Crippen LogP contribution is 2.18. The Bertz CT molecular complexity index is 533. The Labute approximate surface area is 105 Å². The third-order valence-electron chi connectivity index (χ3n) is 2.09. The van der Waals surface area contributed by atoms with Gasteiger partial charge in [-0.2, -0.15) is 0 Å². The first kappa shape index (κ1) is 11.3. The number of aromatic carboxylic acids is 1. The number of carboxylic acids is 1. The predicted octanol–water partition coefficient (Wildman–Crippen LogP) is 2.76. The van der Waals surface area contributed by atoms with E-state index in [1.54, 1.807) is 23.6 Å². The molecule has 0 radical (unpaired) electrons. The molecule has 0 aliphatic carbocycles. The topological polar surface area (TPSA) is 55.1 Å². The van der Waals surface area contributed by atoms with Gasteiger partial charge in [-0.25, -0.2) is 9.78 Å². The zero-order chi connectivity index (χ0) is 11.7. The van der Waals surface area contributed by atoms with E-state index in [1.807, 2.05) is 16.9 Å². The molecule has 0 aromatic carbocycles. The van der Waals surface area contributed by atoms with Gasteiger partial charge in [0.05, 0.1) is 27.4 Å². The van der Waals surface area contributed by atoms with Crippen LogP contribution in [0.2, 0.25) is 0 Å². The average molecular weight is 301 g/mol. The van der Waals surface area contributed by atoms with Crippen molar-refractivity contribution in [2.24, 2.45) is 0 Å². The second kappa shape index (κ2) is 4.39. The molecule has 2 heterocycles. The molecule has 4 nitrogen and oxygen atoms in total. The van der Waals surface area contributed by atoms with E-state index < -0.39 is 5.97 Å². The van der Waals surface area contributed by atoms with Gasteiger partial charge < -0.3 is 9.67 Å². The van der Waals surface area contributed by atoms with Crippen LogP contribution in [0.15, 0.2) is 22.2 Å². The van der Waals surface area contributed by atoms with Crippen LogP contribution in [0.25, 0.3) is 0 Å². The van der Waals surface area contributed by atoms with Gasteiger partial charge in [-0.1, -0.05) is 0 Å². The van der Waals surface area contributed by atoms with Gasteiger partial charge in [-0.05, 0) is 28.9 Å². The maximum atomic E-state index is 10.8. The summed E-state index contributed by atoms with van der Waals surface area (Å²) in [6.07, 6.45) is 1.60. The van der Waals surface area contributed by atoms with Crippen molar-refractivity contribution in [1.29, 1.82) is 0 Å². The van der Waals surface area contributed by atoms with Crippen LogP contribution in [-0.2, 0) is 6.54 Å². The number of rotatable bonds is 3. The number of nitrogens with zero attached hydrogens (tertiary/aromatic N) is 2. The molecular formula is C10H9BrN2O2S. The van der Waals surface area contributed by atoms with E-state index in [0.29, 0.717) is 6.54 Å². The van der Waals surface area contributed by atoms with E-state index in [0.717, 1.165) is 15.3 Å². The lowest BCUT2D eigenvalue weighted by Gasteiger charge is -2.00. The summed E-state index contributed by atoms with van der Waals surface area (Å²) in [6.45, 7) is 2.53. The number of carboxylic acid groups (broad SMARTS) is 1. The van der Waals surface area contributed by atoms with Gasteiger partial charge in [-0.15, -0.1) is 11.3 Å². The highest BCUT2D eigenvalue weighted by Gasteiger charge is 2.10. The number of carbonyl (C=O) groups is 1. The first-order valence-corrected chi connectivity index (χ1v) is 6.23. The molecule has 0 saturated carbocycles. The molecule has 1 N–H and O–H groups in total. The summed E-state index contributed by atoms with van der Waals surface area (Å²) in [6, 6.07) is 1.58. The molecule has 2 aromatic rings. The summed E-state index contributed by atoms with van der Waals surface area (Å²) in [5.74, 6) is -0.922. The standard InChI is InChI=1S/C10H9BrN2O2S/c1-6-12-8(5-16-6)4-13-3-7(10(14)15)2-9(13)11/h2-3,5H,4H2,1H3,(H,14,15). The van der Waals surface area contributed by atoms with Crippen LogP contribution >= 0.6 is 27.3 Å². The summed E-state index contributed by atoms with van der Waals surface area (Å²) in [5.41, 5.74) is 1.22. The number of hydrogen-bond donors (Lipinski definition) is 1. The van der Waals surface area contributed by atoms with Crippen molar-refractivity contribution in [3.63, 3.8) is 0 Å². The Hall–Kier alpha value is -1.14. The molecule has 0 amide bonds. The lowest BCUT2D eigenvalue weighted by atomic mass is 10.3. The third kappa shape index (κ3) is 2.33. The Kier molecular flexibility index (Phi) is 3.11. The molecule has 0 fully saturated rings. The van der Waals surface area contributed by atoms with Gasteiger partial charge in [0.2, 0.25) is 0 Å². The number of aryl methyl sites for hydroxylation is 1. The Morgan fingerprint density at radius 1 is 1.69 bits per heavy atom. The molecule has 6 heteroatoms. The van der Waals surface area contributed by atoms with Gasteiger partial charge in [0.1, 0.15) is 0 Å². The van der Waals surface area contributed by atoms with Crippen LogP contribution in [0, 0.1) is 6.92 Å². The number of thiazole rings is 1. The van der Waals surface area contributed by atoms with Gasteiger partial charge in [-0.3, -0.25) is 0 Å². The minimum Gasteiger partial charge on any atom is -0.478 e. The third-order valence-corrected chi connectivity index (χ3v) is 3.60. The first-order valence-electron chi connectivity index (χ1n) is 4.56. The predicted molar refractivity (Wildman–Crippen MR) is 65.0 cm³/mol. The van der Waals surface area contributed by atoms with Crippen molar-refractivity contribution in [3.05, 3.63) is 38.5 Å². The maximum Gasteiger partial charge on any atom is 0.337 e. The lowest BCUT2D eigenvalue weighted by molar-refractivity contribution is 0.0697. The van der Waals surface area contributed by atoms with Crippen LogP contribution in [0.5, 0.6) is 0 Å². The molecule has 0 atom stereocenters. The van der Waals surface area contributed by atoms with Gasteiger partial charge in [0, 0.05) is 11.6 Å². The normalized spacial score (nSPS) is 10.6. The van der Waals surface area contributed by atoms with E-state index in [4.69, 9.17) is 5.11 Å². The zero-order valence-electron chi connectivity index (χ0n) is 8.48. The van der Waals surface area contributed by atoms with E-state index >= 15 is 0 Å². The fraction of sp³-hybridized carbons (Fsp3) is 0.200. The Morgan fingerprint density at radius 2 is 2.44 bits per heavy atom. The summed E-state index contributed by atoms with van der Waals surface area (Å²) in [4.78, 5) is 15.1. The van der Waals surface area contributed by atoms with E-state index in [1.165, 1.54) is 0 Å². The molecule has 0 aliphatic rings. The van der Waals surface area contributed by atoms with Crippen LogP contribution in [0.3, 0.4) is 0 Å². The molecule has 16 heavy (non-hydrogen) atoms.